The summed E-state index contributed by atoms with van der Waals surface area (Å²) < 4.78 is 10.7. The molecule has 5 nitrogen and oxygen atoms in total. The van der Waals surface area contributed by atoms with E-state index in [-0.39, 0.29) is 24.2 Å². The molecule has 1 saturated heterocycles. The summed E-state index contributed by atoms with van der Waals surface area (Å²) in [6.45, 7) is 2.17. The molecule has 0 spiro atoms. The van der Waals surface area contributed by atoms with Gasteiger partial charge in [0.2, 0.25) is 5.91 Å². The van der Waals surface area contributed by atoms with Crippen LogP contribution in [0.1, 0.15) is 5.56 Å². The van der Waals surface area contributed by atoms with Gasteiger partial charge >= 0.3 is 0 Å². The smallest absolute Gasteiger partial charge is 0.224 e. The third-order valence-electron chi connectivity index (χ3n) is 2.69. The van der Waals surface area contributed by atoms with Crippen LogP contribution >= 0.6 is 0 Å². The van der Waals surface area contributed by atoms with Gasteiger partial charge in [-0.1, -0.05) is 12.1 Å². The van der Waals surface area contributed by atoms with Gasteiger partial charge in [-0.05, 0) is 17.7 Å². The highest BCUT2D eigenvalue weighted by atomic mass is 16.6. The predicted octanol–water partition coefficient (Wildman–Crippen LogP) is 0.466. The van der Waals surface area contributed by atoms with Crippen LogP contribution in [-0.4, -0.2) is 43.5 Å². The monoisotopic (exact) mass is 251 g/mol. The molecule has 1 aliphatic heterocycles. The van der Waals surface area contributed by atoms with Crippen LogP contribution in [0.25, 0.3) is 0 Å². The minimum atomic E-state index is -0.0882. The van der Waals surface area contributed by atoms with Crippen molar-refractivity contribution < 1.29 is 19.4 Å². The molecule has 18 heavy (non-hydrogen) atoms. The summed E-state index contributed by atoms with van der Waals surface area (Å²) in [6, 6.07) is 6.68. The molecule has 0 radical (unpaired) electrons. The van der Waals surface area contributed by atoms with Crippen LogP contribution in [0, 0.1) is 0 Å². The van der Waals surface area contributed by atoms with E-state index in [2.05, 4.69) is 5.32 Å². The highest BCUT2D eigenvalue weighted by molar-refractivity contribution is 5.78. The van der Waals surface area contributed by atoms with Crippen LogP contribution in [0.15, 0.2) is 24.3 Å². The first-order valence-corrected chi connectivity index (χ1v) is 5.98. The Morgan fingerprint density at radius 3 is 3.06 bits per heavy atom. The molecule has 1 fully saturated rings. The van der Waals surface area contributed by atoms with Crippen molar-refractivity contribution in [3.8, 4) is 5.75 Å². The maximum absolute atomic E-state index is 11.7. The van der Waals surface area contributed by atoms with E-state index in [1.165, 1.54) is 0 Å². The summed E-state index contributed by atoms with van der Waals surface area (Å²) in [5.41, 5.74) is 0.785. The quantitative estimate of drug-likeness (QED) is 0.816. The lowest BCUT2D eigenvalue weighted by atomic mass is 10.1. The molecule has 0 saturated carbocycles. The molecule has 1 unspecified atom stereocenters. The minimum Gasteiger partial charge on any atom is -0.508 e. The molecule has 1 aromatic rings. The Hall–Kier alpha value is -1.59. The molecule has 1 amide bonds. The fourth-order valence-corrected chi connectivity index (χ4v) is 1.80. The van der Waals surface area contributed by atoms with Crippen LogP contribution in [0.5, 0.6) is 5.75 Å². The average Bonchev–Trinajstić information content (AvgIpc) is 2.38. The van der Waals surface area contributed by atoms with Crippen molar-refractivity contribution in [2.24, 2.45) is 0 Å². The Bertz CT molecular complexity index is 402. The average molecular weight is 251 g/mol. The van der Waals surface area contributed by atoms with E-state index in [4.69, 9.17) is 9.47 Å². The summed E-state index contributed by atoms with van der Waals surface area (Å²) in [7, 11) is 0. The van der Waals surface area contributed by atoms with Gasteiger partial charge < -0.3 is 19.9 Å². The Labute approximate surface area is 106 Å². The predicted molar refractivity (Wildman–Crippen MR) is 65.4 cm³/mol. The largest absolute Gasteiger partial charge is 0.508 e. The van der Waals surface area contributed by atoms with Crippen LogP contribution in [0.3, 0.4) is 0 Å². The topological polar surface area (TPSA) is 67.8 Å². The summed E-state index contributed by atoms with van der Waals surface area (Å²) in [4.78, 5) is 11.7. The van der Waals surface area contributed by atoms with Gasteiger partial charge in [0.05, 0.1) is 32.3 Å². The lowest BCUT2D eigenvalue weighted by Crippen LogP contribution is -2.40. The Kier molecular flexibility index (Phi) is 4.55. The normalized spacial score (nSPS) is 19.4. The van der Waals surface area contributed by atoms with E-state index in [1.807, 2.05) is 0 Å². The number of hydrogen-bond acceptors (Lipinski definition) is 4. The van der Waals surface area contributed by atoms with Gasteiger partial charge in [0, 0.05) is 6.54 Å². The molecular formula is C13H17NO4. The number of ether oxygens (including phenoxy) is 2. The summed E-state index contributed by atoms with van der Waals surface area (Å²) in [5.74, 6) is 0.0825. The van der Waals surface area contributed by atoms with E-state index >= 15 is 0 Å². The van der Waals surface area contributed by atoms with Crippen LogP contribution in [0.2, 0.25) is 0 Å². The van der Waals surface area contributed by atoms with Crippen molar-refractivity contribution in [1.29, 1.82) is 0 Å². The molecular weight excluding hydrogens is 234 g/mol. The minimum absolute atomic E-state index is 0.0631. The van der Waals surface area contributed by atoms with E-state index in [0.29, 0.717) is 26.4 Å². The number of phenolic OH excluding ortho intramolecular Hbond substituents is 1. The number of phenols is 1. The van der Waals surface area contributed by atoms with Crippen molar-refractivity contribution in [3.63, 3.8) is 0 Å². The Balaban J connectivity index is 1.74. The van der Waals surface area contributed by atoms with E-state index in [1.54, 1.807) is 24.3 Å². The zero-order valence-electron chi connectivity index (χ0n) is 10.1. The molecule has 2 N–H and O–H groups in total. The zero-order valence-corrected chi connectivity index (χ0v) is 10.1. The van der Waals surface area contributed by atoms with Crippen LogP contribution in [0.4, 0.5) is 0 Å². The van der Waals surface area contributed by atoms with Gasteiger partial charge in [-0.15, -0.1) is 0 Å². The maximum atomic E-state index is 11.7. The first-order chi connectivity index (χ1) is 8.74. The van der Waals surface area contributed by atoms with Crippen molar-refractivity contribution in [2.75, 3.05) is 26.4 Å². The highest BCUT2D eigenvalue weighted by Crippen LogP contribution is 2.11. The summed E-state index contributed by atoms with van der Waals surface area (Å²) >= 11 is 0. The molecule has 0 aromatic heterocycles. The van der Waals surface area contributed by atoms with Gasteiger partial charge in [-0.3, -0.25) is 4.79 Å². The van der Waals surface area contributed by atoms with Crippen LogP contribution in [-0.2, 0) is 20.7 Å². The second-order valence-electron chi connectivity index (χ2n) is 4.22. The third kappa shape index (κ3) is 4.01. The van der Waals surface area contributed by atoms with Crippen molar-refractivity contribution >= 4 is 5.91 Å². The standard InChI is InChI=1S/C13H17NO4/c15-11-3-1-2-10(6-11)7-13(16)14-8-12-9-17-4-5-18-12/h1-3,6,12,15H,4-5,7-9H2,(H,14,16). The van der Waals surface area contributed by atoms with Gasteiger partial charge in [-0.25, -0.2) is 0 Å². The first kappa shape index (κ1) is 12.9. The van der Waals surface area contributed by atoms with E-state index in [9.17, 15) is 9.90 Å². The van der Waals surface area contributed by atoms with Crippen molar-refractivity contribution in [3.05, 3.63) is 29.8 Å². The number of nitrogens with one attached hydrogen (secondary N) is 1. The zero-order chi connectivity index (χ0) is 12.8. The number of carbonyl (C=O) groups is 1. The fourth-order valence-electron chi connectivity index (χ4n) is 1.80. The van der Waals surface area contributed by atoms with Crippen molar-refractivity contribution in [2.45, 2.75) is 12.5 Å². The van der Waals surface area contributed by atoms with Crippen LogP contribution < -0.4 is 5.32 Å². The molecule has 1 aliphatic rings. The number of hydrogen-bond donors (Lipinski definition) is 2. The molecule has 2 rings (SSSR count). The summed E-state index contributed by atoms with van der Waals surface area (Å²) in [6.07, 6.45) is 0.189. The summed E-state index contributed by atoms with van der Waals surface area (Å²) in [5, 5.41) is 12.1. The molecule has 98 valence electrons. The lowest BCUT2D eigenvalue weighted by molar-refractivity contribution is -0.123. The molecule has 1 aromatic carbocycles. The van der Waals surface area contributed by atoms with E-state index in [0.717, 1.165) is 5.56 Å². The van der Waals surface area contributed by atoms with Gasteiger partial charge in [0.1, 0.15) is 5.75 Å². The first-order valence-electron chi connectivity index (χ1n) is 5.98. The lowest BCUT2D eigenvalue weighted by Gasteiger charge is -2.23. The number of benzene rings is 1. The second-order valence-corrected chi connectivity index (χ2v) is 4.22. The van der Waals surface area contributed by atoms with E-state index < -0.39 is 0 Å². The number of aromatic hydroxyl groups is 1. The van der Waals surface area contributed by atoms with Crippen molar-refractivity contribution in [1.82, 2.24) is 5.32 Å². The van der Waals surface area contributed by atoms with Gasteiger partial charge in [0.25, 0.3) is 0 Å². The molecule has 5 heteroatoms. The van der Waals surface area contributed by atoms with Gasteiger partial charge in [0.15, 0.2) is 0 Å². The number of carbonyl (C=O) groups excluding carboxylic acids is 1. The number of rotatable bonds is 4. The third-order valence-corrected chi connectivity index (χ3v) is 2.69. The molecule has 0 aliphatic carbocycles. The Morgan fingerprint density at radius 2 is 2.33 bits per heavy atom. The SMILES string of the molecule is O=C(Cc1cccc(O)c1)NCC1COCCO1. The maximum Gasteiger partial charge on any atom is 0.224 e. The molecule has 1 heterocycles. The number of amides is 1. The van der Waals surface area contributed by atoms with Gasteiger partial charge in [-0.2, -0.15) is 0 Å². The second kappa shape index (κ2) is 6.37. The Morgan fingerprint density at radius 1 is 1.44 bits per heavy atom. The molecule has 0 bridgehead atoms. The highest BCUT2D eigenvalue weighted by Gasteiger charge is 2.15. The fraction of sp³-hybridized carbons (Fsp3) is 0.462. The molecule has 1 atom stereocenters.